The molecular formula is C75H77O35+. The summed E-state index contributed by atoms with van der Waals surface area (Å²) in [5, 5.41) is 198. The van der Waals surface area contributed by atoms with Crippen molar-refractivity contribution >= 4 is 54.3 Å². The maximum atomic E-state index is 13.0. The zero-order chi connectivity index (χ0) is 78.8. The van der Waals surface area contributed by atoms with E-state index in [1.807, 2.05) is 0 Å². The van der Waals surface area contributed by atoms with E-state index in [2.05, 4.69) is 0 Å². The quantitative estimate of drug-likeness (QED) is 0.0151. The van der Waals surface area contributed by atoms with E-state index >= 15 is 0 Å². The molecule has 4 fully saturated rings. The predicted molar refractivity (Wildman–Crippen MR) is 371 cm³/mol. The van der Waals surface area contributed by atoms with E-state index in [9.17, 15) is 111 Å². The Bertz CT molecular complexity index is 4210. The Labute approximate surface area is 622 Å². The molecular weight excluding hydrogens is 1460 g/mol. The molecule has 4 saturated heterocycles. The van der Waals surface area contributed by atoms with Gasteiger partial charge in [-0.05, 0) is 107 Å². The van der Waals surface area contributed by atoms with Crippen molar-refractivity contribution in [2.75, 3.05) is 26.4 Å². The minimum atomic E-state index is -2.25. The SMILES string of the molecule is O=C(C=Cc1ccc(O)cc1)OCC1OC(OC2=Cc3c(O)cc(OC4OC(COC(=O)C=Cc5ccc(O)cc5)C(O)C(O)C4O)cc3[OH+]C2c2cc(OC3OC(COC(=O)C=Cc4ccc(O)cc4)C(O)C(O)C3O)c(O)c(OC3OC(COC(=O)C=Cc4ccc(O)cc4)C(O)C(O)C3O)c2)C(O)C(O)C1O. The second-order valence-electron chi connectivity index (χ2n) is 25.6. The van der Waals surface area contributed by atoms with Gasteiger partial charge in [0.05, 0.1) is 11.6 Å². The number of rotatable bonds is 25. The van der Waals surface area contributed by atoms with Crippen LogP contribution in [-0.4, -0.2) is 270 Å². The number of carbonyl (C=O) groups excluding carboxylic acids is 4. The third kappa shape index (κ3) is 19.7. The highest BCUT2D eigenvalue weighted by Gasteiger charge is 2.51. The number of phenolic OH excluding ortho intramolecular Hbond substituents is 6. The van der Waals surface area contributed by atoms with Crippen LogP contribution < -0.4 is 14.2 Å². The number of aliphatic hydroxyl groups is 13. The van der Waals surface area contributed by atoms with Gasteiger partial charge in [-0.3, -0.25) is 0 Å². The average molecular weight is 1540 g/mol. The van der Waals surface area contributed by atoms with E-state index in [1.165, 1.54) is 121 Å². The van der Waals surface area contributed by atoms with Gasteiger partial charge < -0.3 is 153 Å². The molecule has 0 amide bonds. The number of benzene rings is 6. The molecule has 6 aromatic rings. The summed E-state index contributed by atoms with van der Waals surface area (Å²) in [7, 11) is 0. The van der Waals surface area contributed by atoms with Crippen LogP contribution in [0.2, 0.25) is 0 Å². The second-order valence-corrected chi connectivity index (χ2v) is 25.6. The summed E-state index contributed by atoms with van der Waals surface area (Å²) >= 11 is 0. The number of aromatic hydroxyl groups is 7. The van der Waals surface area contributed by atoms with Crippen molar-refractivity contribution in [3.63, 3.8) is 0 Å². The standard InChI is InChI=1S/C75H76O35/c76-39-13-1-34(2-14-39)9-21-54(81)98-30-50-59(86)63(90)67(94)72(107-50)102-43-27-45(80)44-29-49(106-75-70(97)66(93)62(89)53(110-75)33-101-57(84)24-12-37-7-19-42(79)20-8-37)71(103-46(44)28-43)38-25-47(104-73-68(95)64(91)60(87)51(108-73)31-99-55(82)22-10-35-3-15-40(77)16-4-35)58(85)48(26-38)105-74-69(96)65(92)61(88)52(109-74)32-100-56(83)23-11-36-5-17-41(78)18-6-36/h1-29,50-53,59-80,85-97H,30-33H2/p+1. The van der Waals surface area contributed by atoms with Gasteiger partial charge in [-0.1, -0.05) is 48.5 Å². The van der Waals surface area contributed by atoms with Crippen molar-refractivity contribution in [2.24, 2.45) is 0 Å². The number of ether oxygens (including phenoxy) is 13. The number of hydrogen-bond acceptors (Lipinski definition) is 34. The van der Waals surface area contributed by atoms with Crippen LogP contribution in [0.4, 0.5) is 0 Å². The first-order valence-electron chi connectivity index (χ1n) is 33.7. The lowest BCUT2D eigenvalue weighted by molar-refractivity contribution is -0.296. The topological polar surface area (TPSA) is 556 Å². The highest BCUT2D eigenvalue weighted by Crippen LogP contribution is 2.50. The van der Waals surface area contributed by atoms with Crippen molar-refractivity contribution in [3.8, 4) is 57.5 Å². The van der Waals surface area contributed by atoms with Gasteiger partial charge in [0.15, 0.2) is 17.3 Å². The lowest BCUT2D eigenvalue weighted by atomic mass is 9.98. The molecule has 586 valence electrons. The smallest absolute Gasteiger partial charge is 0.330 e. The van der Waals surface area contributed by atoms with Crippen molar-refractivity contribution in [3.05, 3.63) is 185 Å². The van der Waals surface area contributed by atoms with E-state index in [1.54, 1.807) is 0 Å². The molecule has 11 rings (SSSR count). The maximum absolute atomic E-state index is 13.0. The zero-order valence-corrected chi connectivity index (χ0v) is 57.2. The van der Waals surface area contributed by atoms with Crippen molar-refractivity contribution in [1.82, 2.24) is 0 Å². The molecule has 35 nitrogen and oxygen atoms in total. The van der Waals surface area contributed by atoms with Gasteiger partial charge in [-0.2, -0.15) is 0 Å². The van der Waals surface area contributed by atoms with Crippen molar-refractivity contribution in [2.45, 2.75) is 129 Å². The van der Waals surface area contributed by atoms with Gasteiger partial charge >= 0.3 is 23.9 Å². The van der Waals surface area contributed by atoms with E-state index in [4.69, 9.17) is 61.6 Å². The molecule has 21 unspecified atom stereocenters. The molecule has 5 aliphatic rings. The average Bonchev–Trinajstić information content (AvgIpc) is 0.759. The van der Waals surface area contributed by atoms with Crippen LogP contribution >= 0.6 is 0 Å². The molecule has 0 aliphatic carbocycles. The van der Waals surface area contributed by atoms with Crippen LogP contribution in [0.25, 0.3) is 30.4 Å². The molecule has 0 radical (unpaired) electrons. The summed E-state index contributed by atoms with van der Waals surface area (Å²) in [6.07, 6.45) is -31.8. The fraction of sp³-hybridized carbons (Fsp3) is 0.333. The van der Waals surface area contributed by atoms with Crippen LogP contribution in [0.15, 0.2) is 151 Å². The molecule has 5 aliphatic heterocycles. The summed E-state index contributed by atoms with van der Waals surface area (Å²) in [6.45, 7) is -3.21. The Morgan fingerprint density at radius 2 is 0.645 bits per heavy atom. The Hall–Kier alpha value is -10.9. The molecule has 0 bridgehead atoms. The minimum absolute atomic E-state index is 0.0328. The molecule has 0 aromatic heterocycles. The van der Waals surface area contributed by atoms with Crippen molar-refractivity contribution in [1.29, 1.82) is 0 Å². The molecule has 21 atom stereocenters. The molecule has 6 aromatic carbocycles. The van der Waals surface area contributed by atoms with E-state index in [0.717, 1.165) is 54.6 Å². The highest BCUT2D eigenvalue weighted by atomic mass is 16.7. The lowest BCUT2D eigenvalue weighted by Gasteiger charge is -2.41. The first kappa shape index (κ1) is 80.1. The fourth-order valence-corrected chi connectivity index (χ4v) is 11.6. The lowest BCUT2D eigenvalue weighted by Crippen LogP contribution is -2.60. The first-order valence-corrected chi connectivity index (χ1v) is 33.7. The molecule has 35 heteroatoms. The molecule has 19 N–H and O–H groups in total. The van der Waals surface area contributed by atoms with Gasteiger partial charge in [0.2, 0.25) is 30.9 Å². The third-order valence-corrected chi connectivity index (χ3v) is 17.8. The summed E-state index contributed by atoms with van der Waals surface area (Å²) in [6, 6.07) is 26.7. The van der Waals surface area contributed by atoms with Crippen LogP contribution in [-0.2, 0) is 61.8 Å². The normalized spacial score (nSPS) is 29.5. The maximum Gasteiger partial charge on any atom is 0.330 e. The number of phenols is 6. The third-order valence-electron chi connectivity index (χ3n) is 17.8. The zero-order valence-electron chi connectivity index (χ0n) is 57.2. The summed E-state index contributed by atoms with van der Waals surface area (Å²) in [5.41, 5.74) is 1.26. The Morgan fingerprint density at radius 1 is 0.355 bits per heavy atom. The summed E-state index contributed by atoms with van der Waals surface area (Å²) < 4.78 is 74.0. The highest BCUT2D eigenvalue weighted by molar-refractivity contribution is 5.89. The predicted octanol–water partition coefficient (Wildman–Crippen LogP) is -0.333. The largest absolute Gasteiger partial charge is 0.571 e. The van der Waals surface area contributed by atoms with E-state index in [0.29, 0.717) is 22.3 Å². The first-order chi connectivity index (χ1) is 52.5. The number of esters is 4. The van der Waals surface area contributed by atoms with Gasteiger partial charge in [0, 0.05) is 36.4 Å². The molecule has 0 saturated carbocycles. The Kier molecular flexibility index (Phi) is 25.9. The summed E-state index contributed by atoms with van der Waals surface area (Å²) in [4.78, 5) is 51.7. The van der Waals surface area contributed by atoms with Gasteiger partial charge in [-0.25, -0.2) is 19.2 Å². The van der Waals surface area contributed by atoms with Crippen molar-refractivity contribution < 1.29 is 173 Å². The van der Waals surface area contributed by atoms with Gasteiger partial charge in [0.25, 0.3) is 11.9 Å². The minimum Gasteiger partial charge on any atom is -0.571 e. The number of aliphatic hydroxyl groups excluding tert-OH is 12. The molecule has 5 heterocycles. The van der Waals surface area contributed by atoms with Crippen LogP contribution in [0, 0.1) is 0 Å². The van der Waals surface area contributed by atoms with Crippen LogP contribution in [0.3, 0.4) is 0 Å². The van der Waals surface area contributed by atoms with E-state index < -0.39 is 214 Å². The number of carbonyl (C=O) groups is 4. The Morgan fingerprint density at radius 3 is 0.955 bits per heavy atom. The summed E-state index contributed by atoms with van der Waals surface area (Å²) in [5.74, 6) is -8.91. The number of hydrogen-bond donors (Lipinski definition) is 18. The van der Waals surface area contributed by atoms with Crippen LogP contribution in [0.5, 0.6) is 57.5 Å². The van der Waals surface area contributed by atoms with Gasteiger partial charge in [-0.15, -0.1) is 0 Å². The van der Waals surface area contributed by atoms with Crippen LogP contribution in [0.1, 0.15) is 39.5 Å². The van der Waals surface area contributed by atoms with Gasteiger partial charge in [0.1, 0.15) is 164 Å². The molecule has 0 spiro atoms. The monoisotopic (exact) mass is 1540 g/mol. The molecule has 110 heavy (non-hydrogen) atoms. The van der Waals surface area contributed by atoms with E-state index in [-0.39, 0.29) is 39.9 Å². The fourth-order valence-electron chi connectivity index (χ4n) is 11.6. The second kappa shape index (κ2) is 35.6. The number of fused-ring (bicyclic) bond motifs is 1. The Balaban J connectivity index is 0.934.